The van der Waals surface area contributed by atoms with Gasteiger partial charge in [-0.2, -0.15) is 8.42 Å². The van der Waals surface area contributed by atoms with Crippen LogP contribution in [0.15, 0.2) is 6.07 Å². The van der Waals surface area contributed by atoms with Crippen LogP contribution in [0.25, 0.3) is 0 Å². The van der Waals surface area contributed by atoms with Crippen molar-refractivity contribution in [3.8, 4) is 0 Å². The molecule has 0 unspecified atom stereocenters. The summed E-state index contributed by atoms with van der Waals surface area (Å²) in [7, 11) is -4.73. The molecule has 0 spiro atoms. The van der Waals surface area contributed by atoms with E-state index in [9.17, 15) is 8.42 Å². The molecule has 106 valence electrons. The van der Waals surface area contributed by atoms with Gasteiger partial charge in [-0.1, -0.05) is 4.98 Å². The maximum absolute atomic E-state index is 10.6. The minimum Gasteiger partial charge on any atom is -0.378 e. The lowest BCUT2D eigenvalue weighted by Gasteiger charge is -2.26. The van der Waals surface area contributed by atoms with Crippen molar-refractivity contribution in [2.24, 2.45) is 0 Å². The van der Waals surface area contributed by atoms with Crippen LogP contribution in [0.5, 0.6) is 0 Å². The first kappa shape index (κ1) is 13.6. The molecule has 2 rings (SSSR count). The highest BCUT2D eigenvalue weighted by Gasteiger charge is 2.23. The van der Waals surface area contributed by atoms with Crippen LogP contribution < -0.4 is 25.4 Å². The van der Waals surface area contributed by atoms with Gasteiger partial charge in [0, 0.05) is 13.1 Å². The van der Waals surface area contributed by atoms with E-state index in [1.807, 2.05) is 4.90 Å². The molecule has 5 N–H and O–H groups in total. The largest absolute Gasteiger partial charge is 0.474 e. The molecule has 0 bridgehead atoms. The van der Waals surface area contributed by atoms with Crippen LogP contribution >= 0.6 is 0 Å². The SMILES string of the molecule is Nc1cc(N2CCOCC2)nc(N)[n+]1OS(=O)(=O)O. The van der Waals surface area contributed by atoms with E-state index in [2.05, 4.69) is 9.27 Å². The van der Waals surface area contributed by atoms with Crippen molar-refractivity contribution < 1.29 is 26.7 Å². The third-order valence-electron chi connectivity index (χ3n) is 2.45. The number of hydrogen-bond donors (Lipinski definition) is 3. The van der Waals surface area contributed by atoms with Gasteiger partial charge >= 0.3 is 16.3 Å². The fraction of sp³-hybridized carbons (Fsp3) is 0.500. The minimum absolute atomic E-state index is 0.105. The zero-order valence-electron chi connectivity index (χ0n) is 9.89. The molecule has 1 aliphatic rings. The van der Waals surface area contributed by atoms with Gasteiger partial charge in [-0.25, -0.2) is 4.28 Å². The quantitative estimate of drug-likeness (QED) is 0.410. The Labute approximate surface area is 109 Å². The highest BCUT2D eigenvalue weighted by atomic mass is 32.3. The number of hydrogen-bond acceptors (Lipinski definition) is 8. The fourth-order valence-electron chi connectivity index (χ4n) is 1.65. The van der Waals surface area contributed by atoms with E-state index in [4.69, 9.17) is 20.8 Å². The zero-order valence-corrected chi connectivity index (χ0v) is 10.7. The van der Waals surface area contributed by atoms with Crippen LogP contribution in [0.4, 0.5) is 17.6 Å². The summed E-state index contributed by atoms with van der Waals surface area (Å²) < 4.78 is 39.8. The molecule has 10 nitrogen and oxygen atoms in total. The predicted molar refractivity (Wildman–Crippen MR) is 64.4 cm³/mol. The van der Waals surface area contributed by atoms with Gasteiger partial charge in [-0.05, 0) is 4.73 Å². The molecular formula is C8H14N5O5S+. The van der Waals surface area contributed by atoms with Crippen LogP contribution in [0.1, 0.15) is 0 Å². The summed E-state index contributed by atoms with van der Waals surface area (Å²) in [6.45, 7) is 2.35. The summed E-state index contributed by atoms with van der Waals surface area (Å²) in [6.07, 6.45) is 0. The number of ether oxygens (including phenoxy) is 1. The van der Waals surface area contributed by atoms with Gasteiger partial charge in [0.2, 0.25) is 5.82 Å². The number of nitrogen functional groups attached to an aromatic ring is 2. The topological polar surface area (TPSA) is 145 Å². The van der Waals surface area contributed by atoms with Crippen LogP contribution in [-0.4, -0.2) is 44.3 Å². The lowest BCUT2D eigenvalue weighted by Crippen LogP contribution is -2.51. The van der Waals surface area contributed by atoms with E-state index >= 15 is 0 Å². The third kappa shape index (κ3) is 3.33. The molecule has 0 aliphatic carbocycles. The van der Waals surface area contributed by atoms with Crippen molar-refractivity contribution in [2.75, 3.05) is 42.7 Å². The van der Waals surface area contributed by atoms with E-state index in [0.717, 1.165) is 0 Å². The average Bonchev–Trinajstić information content (AvgIpc) is 2.33. The van der Waals surface area contributed by atoms with Gasteiger partial charge in [-0.3, -0.25) is 4.55 Å². The summed E-state index contributed by atoms with van der Waals surface area (Å²) >= 11 is 0. The molecule has 1 aromatic heterocycles. The average molecular weight is 292 g/mol. The Kier molecular flexibility index (Phi) is 3.59. The number of rotatable bonds is 3. The normalized spacial score (nSPS) is 16.4. The number of aromatic nitrogens is 2. The first-order chi connectivity index (χ1) is 8.87. The summed E-state index contributed by atoms with van der Waals surface area (Å²) in [5.74, 6) is 0.0826. The fourth-order valence-corrected chi connectivity index (χ4v) is 2.00. The van der Waals surface area contributed by atoms with Gasteiger partial charge < -0.3 is 21.1 Å². The Morgan fingerprint density at radius 1 is 1.42 bits per heavy atom. The van der Waals surface area contributed by atoms with Crippen LogP contribution in [0.3, 0.4) is 0 Å². The summed E-state index contributed by atoms with van der Waals surface area (Å²) in [5.41, 5.74) is 11.2. The van der Waals surface area contributed by atoms with Crippen molar-refractivity contribution in [1.82, 2.24) is 4.98 Å². The lowest BCUT2D eigenvalue weighted by atomic mass is 10.4. The van der Waals surface area contributed by atoms with Gasteiger partial charge in [0.15, 0.2) is 5.82 Å². The zero-order chi connectivity index (χ0) is 14.0. The molecule has 0 atom stereocenters. The second-order valence-electron chi connectivity index (χ2n) is 3.79. The van der Waals surface area contributed by atoms with Crippen molar-refractivity contribution in [3.63, 3.8) is 0 Å². The summed E-state index contributed by atoms with van der Waals surface area (Å²) in [4.78, 5) is 5.86. The molecule has 1 saturated heterocycles. The van der Waals surface area contributed by atoms with Crippen molar-refractivity contribution in [1.29, 1.82) is 0 Å². The summed E-state index contributed by atoms with van der Waals surface area (Å²) in [5, 5.41) is 0. The van der Waals surface area contributed by atoms with Crippen molar-refractivity contribution in [3.05, 3.63) is 6.07 Å². The highest BCUT2D eigenvalue weighted by molar-refractivity contribution is 7.80. The molecule has 11 heteroatoms. The molecule has 0 radical (unpaired) electrons. The maximum Gasteiger partial charge on any atom is 0.474 e. The van der Waals surface area contributed by atoms with E-state index in [-0.39, 0.29) is 11.8 Å². The second-order valence-corrected chi connectivity index (χ2v) is 4.80. The molecule has 19 heavy (non-hydrogen) atoms. The third-order valence-corrected chi connectivity index (χ3v) is 2.79. The molecular weight excluding hydrogens is 278 g/mol. The van der Waals surface area contributed by atoms with Crippen molar-refractivity contribution >= 4 is 28.0 Å². The standard InChI is InChI=1S/C8H13N5O5S/c9-6-5-7(12-1-3-17-4-2-12)11-8(10)13(6)18-19(14,15)16/h5H,1-4H2,(H4,9,10,11,14,15,16)/p+1. The Morgan fingerprint density at radius 3 is 2.58 bits per heavy atom. The van der Waals surface area contributed by atoms with Crippen LogP contribution in [0, 0.1) is 0 Å². The summed E-state index contributed by atoms with van der Waals surface area (Å²) in [6, 6.07) is 1.40. The van der Waals surface area contributed by atoms with Gasteiger partial charge in [0.1, 0.15) is 0 Å². The molecule has 1 aromatic rings. The molecule has 0 aromatic carbocycles. The van der Waals surface area contributed by atoms with E-state index < -0.39 is 10.4 Å². The van der Waals surface area contributed by atoms with Crippen molar-refractivity contribution in [2.45, 2.75) is 0 Å². The van der Waals surface area contributed by atoms with Crippen LogP contribution in [0.2, 0.25) is 0 Å². The van der Waals surface area contributed by atoms with E-state index in [1.165, 1.54) is 6.07 Å². The smallest absolute Gasteiger partial charge is 0.378 e. The molecule has 1 aliphatic heterocycles. The molecule has 1 fully saturated rings. The number of nitrogens with two attached hydrogens (primary N) is 2. The van der Waals surface area contributed by atoms with Gasteiger partial charge in [0.25, 0.3) is 0 Å². The van der Waals surface area contributed by atoms with E-state index in [1.54, 1.807) is 0 Å². The Hall–Kier alpha value is -1.85. The molecule has 0 amide bonds. The first-order valence-corrected chi connectivity index (χ1v) is 6.71. The Morgan fingerprint density at radius 2 is 2.05 bits per heavy atom. The monoisotopic (exact) mass is 292 g/mol. The molecule has 2 heterocycles. The first-order valence-electron chi connectivity index (χ1n) is 5.35. The van der Waals surface area contributed by atoms with Gasteiger partial charge in [-0.15, -0.1) is 0 Å². The number of morpholine rings is 1. The Bertz CT molecular complexity index is 548. The second kappa shape index (κ2) is 5.03. The van der Waals surface area contributed by atoms with E-state index in [0.29, 0.717) is 36.9 Å². The number of anilines is 3. The molecule has 0 saturated carbocycles. The number of nitrogens with zero attached hydrogens (tertiary/aromatic N) is 3. The lowest BCUT2D eigenvalue weighted by molar-refractivity contribution is -0.835. The van der Waals surface area contributed by atoms with Gasteiger partial charge in [0.05, 0.1) is 19.3 Å². The Balaban J connectivity index is 2.30. The maximum atomic E-state index is 10.6. The minimum atomic E-state index is -4.73. The van der Waals surface area contributed by atoms with Crippen LogP contribution in [-0.2, 0) is 15.1 Å². The predicted octanol–water partition coefficient (Wildman–Crippen LogP) is -2.40. The highest BCUT2D eigenvalue weighted by Crippen LogP contribution is 2.15.